The molecule has 0 amide bonds. The first-order valence-corrected chi connectivity index (χ1v) is 14.1. The Hall–Kier alpha value is -1.02. The Morgan fingerprint density at radius 1 is 0.636 bits per heavy atom. The minimum absolute atomic E-state index is 0.0225. The standard InChI is InChI=1S/C25H43NO18/c1-6-11(26-8-2-7(3-27)12(30)15(33)13(8)31)14(32)19(37)24(40-6)43-22-10(5-29)42-25(20(38)17(22)35)44-21-9(4-28)41-23(39)18(36)16(21)34/h2,6,8-39H,3-5H2,1H3/t6-,8+,9-,10-,11+,12+,13+,14+,15+,16+,17+,18-,19-,20-,21+,22+,23-,24-,25-/m1/s1. The monoisotopic (exact) mass is 645 g/mol. The molecule has 1 aliphatic carbocycles. The van der Waals surface area contributed by atoms with Crippen molar-refractivity contribution in [1.82, 2.24) is 5.32 Å². The summed E-state index contributed by atoms with van der Waals surface area (Å²) in [5.41, 5.74) is 0.0225. The van der Waals surface area contributed by atoms with E-state index in [2.05, 4.69) is 5.32 Å². The maximum atomic E-state index is 10.9. The van der Waals surface area contributed by atoms with Crippen molar-refractivity contribution in [3.05, 3.63) is 11.6 Å². The SMILES string of the molecule is C[C@H]1O[C@H](O[C@@H]2[C@@H](O)[C@@H](O)[C@@H](O[C@@H]3[C@@H](O)[C@@H](O)[C@H](O)O[C@@H]3CO)O[C@@H]2CO)[C@H](O)[C@@H](O)[C@H]1N[C@H]1C=C(CO)[C@H](O)[C@H](O)[C@H]1O. The van der Waals surface area contributed by atoms with Gasteiger partial charge in [-0.3, -0.25) is 0 Å². The van der Waals surface area contributed by atoms with E-state index >= 15 is 0 Å². The van der Waals surface area contributed by atoms with Crippen LogP contribution >= 0.6 is 0 Å². The zero-order valence-corrected chi connectivity index (χ0v) is 23.5. The second-order valence-electron chi connectivity index (χ2n) is 11.4. The number of rotatable bonds is 9. The Bertz CT molecular complexity index is 958. The number of hydrogen-bond donors (Lipinski definition) is 14. The fourth-order valence-electron chi connectivity index (χ4n) is 5.81. The van der Waals surface area contributed by atoms with E-state index in [0.29, 0.717) is 0 Å². The van der Waals surface area contributed by atoms with Gasteiger partial charge >= 0.3 is 0 Å². The number of hydrogen-bond acceptors (Lipinski definition) is 19. The summed E-state index contributed by atoms with van der Waals surface area (Å²) in [5.74, 6) is 0. The third-order valence-electron chi connectivity index (χ3n) is 8.48. The summed E-state index contributed by atoms with van der Waals surface area (Å²) in [6, 6.07) is -2.17. The molecule has 0 unspecified atom stereocenters. The normalized spacial score (nSPS) is 52.0. The van der Waals surface area contributed by atoms with E-state index in [0.717, 1.165) is 0 Å². The molecule has 4 rings (SSSR count). The molecule has 3 fully saturated rings. The second kappa shape index (κ2) is 14.8. The van der Waals surface area contributed by atoms with E-state index < -0.39 is 136 Å². The Labute approximate surface area is 250 Å². The van der Waals surface area contributed by atoms with Gasteiger partial charge in [-0.1, -0.05) is 6.08 Å². The maximum Gasteiger partial charge on any atom is 0.187 e. The molecule has 19 heteroatoms. The van der Waals surface area contributed by atoms with Crippen molar-refractivity contribution < 1.29 is 90.1 Å². The van der Waals surface area contributed by atoms with Gasteiger partial charge in [0.25, 0.3) is 0 Å². The average Bonchev–Trinajstić information content (AvgIpc) is 3.00. The van der Waals surface area contributed by atoms with Gasteiger partial charge in [-0.15, -0.1) is 0 Å². The molecular weight excluding hydrogens is 602 g/mol. The number of nitrogens with one attached hydrogen (secondary N) is 1. The van der Waals surface area contributed by atoms with Gasteiger partial charge in [0.15, 0.2) is 18.9 Å². The van der Waals surface area contributed by atoms with E-state index in [1.54, 1.807) is 0 Å². The first kappa shape index (κ1) is 35.8. The minimum Gasteiger partial charge on any atom is -0.394 e. The predicted octanol–water partition coefficient (Wildman–Crippen LogP) is -8.56. The van der Waals surface area contributed by atoms with Crippen molar-refractivity contribution in [2.45, 2.75) is 123 Å². The summed E-state index contributed by atoms with van der Waals surface area (Å²) >= 11 is 0. The van der Waals surface area contributed by atoms with E-state index in [9.17, 15) is 66.4 Å². The van der Waals surface area contributed by atoms with Crippen LogP contribution in [0.25, 0.3) is 0 Å². The largest absolute Gasteiger partial charge is 0.394 e. The van der Waals surface area contributed by atoms with E-state index in [1.807, 2.05) is 0 Å². The molecule has 44 heavy (non-hydrogen) atoms. The van der Waals surface area contributed by atoms with Crippen LogP contribution in [0.3, 0.4) is 0 Å². The van der Waals surface area contributed by atoms with Crippen LogP contribution in [0.2, 0.25) is 0 Å². The van der Waals surface area contributed by atoms with Crippen molar-refractivity contribution in [3.8, 4) is 0 Å². The fraction of sp³-hybridized carbons (Fsp3) is 0.920. The zero-order valence-electron chi connectivity index (χ0n) is 23.5. The van der Waals surface area contributed by atoms with Gasteiger partial charge in [0.05, 0.1) is 38.0 Å². The Balaban J connectivity index is 1.42. The van der Waals surface area contributed by atoms with Crippen molar-refractivity contribution in [2.75, 3.05) is 19.8 Å². The number of aliphatic hydroxyl groups excluding tert-OH is 13. The molecule has 0 radical (unpaired) electrons. The molecule has 4 aliphatic rings. The van der Waals surface area contributed by atoms with Crippen LogP contribution in [0.4, 0.5) is 0 Å². The zero-order chi connectivity index (χ0) is 32.6. The molecular formula is C25H43NO18. The average molecular weight is 646 g/mol. The molecule has 19 nitrogen and oxygen atoms in total. The van der Waals surface area contributed by atoms with E-state index in [4.69, 9.17) is 23.7 Å². The second-order valence-corrected chi connectivity index (χ2v) is 11.4. The molecule has 14 N–H and O–H groups in total. The molecule has 0 spiro atoms. The highest BCUT2D eigenvalue weighted by Gasteiger charge is 2.53. The molecule has 0 aromatic carbocycles. The van der Waals surface area contributed by atoms with Crippen LogP contribution in [-0.2, 0) is 23.7 Å². The number of ether oxygens (including phenoxy) is 5. The smallest absolute Gasteiger partial charge is 0.187 e. The van der Waals surface area contributed by atoms with Gasteiger partial charge in [-0.2, -0.15) is 0 Å². The lowest BCUT2D eigenvalue weighted by atomic mass is 9.86. The van der Waals surface area contributed by atoms with Gasteiger partial charge in [0, 0.05) is 0 Å². The van der Waals surface area contributed by atoms with E-state index in [1.165, 1.54) is 13.0 Å². The van der Waals surface area contributed by atoms with Gasteiger partial charge in [-0.05, 0) is 12.5 Å². The van der Waals surface area contributed by atoms with Crippen LogP contribution in [0, 0.1) is 0 Å². The van der Waals surface area contributed by atoms with Crippen LogP contribution in [-0.4, -0.2) is 203 Å². The summed E-state index contributed by atoms with van der Waals surface area (Å²) in [6.07, 6.45) is -26.6. The maximum absolute atomic E-state index is 10.9. The highest BCUT2D eigenvalue weighted by atomic mass is 16.7. The van der Waals surface area contributed by atoms with E-state index in [-0.39, 0.29) is 5.57 Å². The lowest BCUT2D eigenvalue weighted by molar-refractivity contribution is -0.373. The lowest BCUT2D eigenvalue weighted by Gasteiger charge is -2.48. The summed E-state index contributed by atoms with van der Waals surface area (Å²) in [7, 11) is 0. The molecule has 0 aromatic heterocycles. The molecule has 3 heterocycles. The molecule has 0 bridgehead atoms. The van der Waals surface area contributed by atoms with Crippen LogP contribution in [0.5, 0.6) is 0 Å². The first-order valence-electron chi connectivity index (χ1n) is 14.1. The third-order valence-corrected chi connectivity index (χ3v) is 8.48. The molecule has 3 aliphatic heterocycles. The lowest BCUT2D eigenvalue weighted by Crippen LogP contribution is -2.68. The Morgan fingerprint density at radius 3 is 1.73 bits per heavy atom. The third kappa shape index (κ3) is 6.96. The topological polar surface area (TPSA) is 321 Å². The van der Waals surface area contributed by atoms with Gasteiger partial charge in [-0.25, -0.2) is 0 Å². The van der Waals surface area contributed by atoms with Crippen molar-refractivity contribution >= 4 is 0 Å². The molecule has 0 saturated carbocycles. The highest BCUT2D eigenvalue weighted by Crippen LogP contribution is 2.32. The predicted molar refractivity (Wildman–Crippen MR) is 138 cm³/mol. The molecule has 3 saturated heterocycles. The summed E-state index contributed by atoms with van der Waals surface area (Å²) < 4.78 is 27.4. The summed E-state index contributed by atoms with van der Waals surface area (Å²) in [4.78, 5) is 0. The minimum atomic E-state index is -1.93. The fourth-order valence-corrected chi connectivity index (χ4v) is 5.81. The van der Waals surface area contributed by atoms with Gasteiger partial charge in [0.2, 0.25) is 0 Å². The number of aliphatic hydroxyl groups is 13. The molecule has 19 atom stereocenters. The van der Waals surface area contributed by atoms with Gasteiger partial charge < -0.3 is 95.4 Å². The molecule has 256 valence electrons. The van der Waals surface area contributed by atoms with Crippen molar-refractivity contribution in [2.24, 2.45) is 0 Å². The van der Waals surface area contributed by atoms with Crippen molar-refractivity contribution in [3.63, 3.8) is 0 Å². The first-order chi connectivity index (χ1) is 20.7. The van der Waals surface area contributed by atoms with Crippen molar-refractivity contribution in [1.29, 1.82) is 0 Å². The van der Waals surface area contributed by atoms with Crippen LogP contribution in [0.15, 0.2) is 11.6 Å². The Kier molecular flexibility index (Phi) is 12.1. The summed E-state index contributed by atoms with van der Waals surface area (Å²) in [6.45, 7) is -0.753. The Morgan fingerprint density at radius 2 is 1.16 bits per heavy atom. The quantitative estimate of drug-likeness (QED) is 0.103. The van der Waals surface area contributed by atoms with Gasteiger partial charge in [0.1, 0.15) is 79.4 Å². The highest BCUT2D eigenvalue weighted by molar-refractivity contribution is 5.22. The summed E-state index contributed by atoms with van der Waals surface area (Å²) in [5, 5.41) is 136. The van der Waals surface area contributed by atoms with Crippen LogP contribution in [0.1, 0.15) is 6.92 Å². The molecule has 0 aromatic rings. The van der Waals surface area contributed by atoms with Crippen LogP contribution < -0.4 is 5.32 Å².